The molecule has 96 valence electrons. The predicted molar refractivity (Wildman–Crippen MR) is 68.0 cm³/mol. The molecule has 0 radical (unpaired) electrons. The van der Waals surface area contributed by atoms with Crippen LogP contribution < -0.4 is 0 Å². The second-order valence-electron chi connectivity index (χ2n) is 5.06. The van der Waals surface area contributed by atoms with Crippen LogP contribution in [0.15, 0.2) is 18.3 Å². The number of nitrogens with zero attached hydrogens (tertiary/aromatic N) is 2. The molecule has 4 nitrogen and oxygen atoms in total. The van der Waals surface area contributed by atoms with Crippen LogP contribution in [0.4, 0.5) is 0 Å². The van der Waals surface area contributed by atoms with E-state index in [-0.39, 0.29) is 5.91 Å². The summed E-state index contributed by atoms with van der Waals surface area (Å²) in [7, 11) is 1.71. The third kappa shape index (κ3) is 3.89. The van der Waals surface area contributed by atoms with Crippen LogP contribution in [0.1, 0.15) is 37.7 Å². The predicted octanol–water partition coefficient (Wildman–Crippen LogP) is 1.74. The SMILES string of the molecule is CCCn1cccc1C(=O)N(C)CC(C)(C)O. The average Bonchev–Trinajstić information content (AvgIpc) is 2.62. The molecule has 4 heteroatoms. The molecule has 1 N–H and O–H groups in total. The van der Waals surface area contributed by atoms with E-state index in [0.29, 0.717) is 12.2 Å². The largest absolute Gasteiger partial charge is 0.389 e. The second-order valence-corrected chi connectivity index (χ2v) is 5.06. The Morgan fingerprint density at radius 3 is 2.71 bits per heavy atom. The van der Waals surface area contributed by atoms with Crippen LogP contribution in [0.3, 0.4) is 0 Å². The number of aryl methyl sites for hydroxylation is 1. The first-order valence-electron chi connectivity index (χ1n) is 5.98. The number of hydrogen-bond acceptors (Lipinski definition) is 2. The van der Waals surface area contributed by atoms with E-state index in [4.69, 9.17) is 0 Å². The lowest BCUT2D eigenvalue weighted by Gasteiger charge is -2.25. The van der Waals surface area contributed by atoms with Crippen molar-refractivity contribution in [3.8, 4) is 0 Å². The minimum absolute atomic E-state index is 0.0504. The number of rotatable bonds is 5. The summed E-state index contributed by atoms with van der Waals surface area (Å²) < 4.78 is 1.95. The molecule has 0 fully saturated rings. The third-order valence-corrected chi connectivity index (χ3v) is 2.48. The van der Waals surface area contributed by atoms with Crippen molar-refractivity contribution >= 4 is 5.91 Å². The van der Waals surface area contributed by atoms with Gasteiger partial charge in [-0.3, -0.25) is 4.79 Å². The number of hydrogen-bond donors (Lipinski definition) is 1. The number of aliphatic hydroxyl groups is 1. The van der Waals surface area contributed by atoms with Crippen LogP contribution in [-0.2, 0) is 6.54 Å². The Balaban J connectivity index is 2.78. The summed E-state index contributed by atoms with van der Waals surface area (Å²) in [6, 6.07) is 3.69. The first-order valence-corrected chi connectivity index (χ1v) is 5.98. The van der Waals surface area contributed by atoms with Gasteiger partial charge in [-0.15, -0.1) is 0 Å². The number of aromatic nitrogens is 1. The van der Waals surface area contributed by atoms with Crippen molar-refractivity contribution in [1.82, 2.24) is 9.47 Å². The maximum atomic E-state index is 12.2. The smallest absolute Gasteiger partial charge is 0.270 e. The molecule has 0 bridgehead atoms. The van der Waals surface area contributed by atoms with E-state index in [0.717, 1.165) is 13.0 Å². The van der Waals surface area contributed by atoms with Crippen LogP contribution >= 0.6 is 0 Å². The molecule has 1 amide bonds. The lowest BCUT2D eigenvalue weighted by Crippen LogP contribution is -2.40. The Labute approximate surface area is 103 Å². The average molecular weight is 238 g/mol. The molecule has 0 unspecified atom stereocenters. The van der Waals surface area contributed by atoms with Gasteiger partial charge in [-0.1, -0.05) is 6.92 Å². The van der Waals surface area contributed by atoms with Gasteiger partial charge in [0.05, 0.1) is 5.60 Å². The molecule has 0 aliphatic carbocycles. The van der Waals surface area contributed by atoms with Crippen molar-refractivity contribution in [3.05, 3.63) is 24.0 Å². The zero-order valence-corrected chi connectivity index (χ0v) is 11.1. The Bertz CT molecular complexity index is 377. The van der Waals surface area contributed by atoms with Crippen molar-refractivity contribution < 1.29 is 9.90 Å². The highest BCUT2D eigenvalue weighted by Gasteiger charge is 2.21. The van der Waals surface area contributed by atoms with E-state index >= 15 is 0 Å². The van der Waals surface area contributed by atoms with Crippen molar-refractivity contribution in [2.24, 2.45) is 0 Å². The van der Waals surface area contributed by atoms with Crippen LogP contribution in [-0.4, -0.2) is 39.7 Å². The van der Waals surface area contributed by atoms with E-state index in [1.807, 2.05) is 22.9 Å². The molecule has 0 aliphatic rings. The molecule has 1 heterocycles. The third-order valence-electron chi connectivity index (χ3n) is 2.48. The summed E-state index contributed by atoms with van der Waals surface area (Å²) in [5.74, 6) is -0.0504. The molecule has 0 saturated carbocycles. The fourth-order valence-electron chi connectivity index (χ4n) is 1.89. The highest BCUT2D eigenvalue weighted by molar-refractivity contribution is 5.92. The summed E-state index contributed by atoms with van der Waals surface area (Å²) in [5.41, 5.74) is -0.189. The van der Waals surface area contributed by atoms with Crippen molar-refractivity contribution in [3.63, 3.8) is 0 Å². The molecular weight excluding hydrogens is 216 g/mol. The van der Waals surface area contributed by atoms with Crippen LogP contribution in [0.25, 0.3) is 0 Å². The lowest BCUT2D eigenvalue weighted by molar-refractivity contribution is 0.0362. The lowest BCUT2D eigenvalue weighted by atomic mass is 10.1. The van der Waals surface area contributed by atoms with Crippen LogP contribution in [0, 0.1) is 0 Å². The fourth-order valence-corrected chi connectivity index (χ4v) is 1.89. The normalized spacial score (nSPS) is 11.6. The summed E-state index contributed by atoms with van der Waals surface area (Å²) in [6.07, 6.45) is 2.90. The van der Waals surface area contributed by atoms with Gasteiger partial charge in [0, 0.05) is 26.3 Å². The molecule has 1 aromatic heterocycles. The Kier molecular flexibility index (Phi) is 4.34. The van der Waals surface area contributed by atoms with Gasteiger partial charge in [-0.25, -0.2) is 0 Å². The molecule has 1 aromatic rings. The number of carbonyl (C=O) groups is 1. The molecule has 0 saturated heterocycles. The van der Waals surface area contributed by atoms with Crippen molar-refractivity contribution in [1.29, 1.82) is 0 Å². The van der Waals surface area contributed by atoms with Gasteiger partial charge in [0.15, 0.2) is 0 Å². The van der Waals surface area contributed by atoms with Gasteiger partial charge in [0.2, 0.25) is 0 Å². The quantitative estimate of drug-likeness (QED) is 0.849. The van der Waals surface area contributed by atoms with E-state index < -0.39 is 5.60 Å². The first kappa shape index (κ1) is 13.8. The molecule has 0 aromatic carbocycles. The molecule has 1 rings (SSSR count). The minimum Gasteiger partial charge on any atom is -0.389 e. The van der Waals surface area contributed by atoms with E-state index in [2.05, 4.69) is 6.92 Å². The van der Waals surface area contributed by atoms with Gasteiger partial charge in [0.1, 0.15) is 5.69 Å². The highest BCUT2D eigenvalue weighted by atomic mass is 16.3. The number of carbonyl (C=O) groups excluding carboxylic acids is 1. The highest BCUT2D eigenvalue weighted by Crippen LogP contribution is 2.10. The van der Waals surface area contributed by atoms with Gasteiger partial charge in [-0.05, 0) is 32.4 Å². The molecule has 0 spiro atoms. The van der Waals surface area contributed by atoms with E-state index in [1.54, 1.807) is 25.8 Å². The zero-order chi connectivity index (χ0) is 13.1. The van der Waals surface area contributed by atoms with Crippen LogP contribution in [0.5, 0.6) is 0 Å². The Morgan fingerprint density at radius 2 is 2.18 bits per heavy atom. The zero-order valence-electron chi connectivity index (χ0n) is 11.1. The van der Waals surface area contributed by atoms with Gasteiger partial charge >= 0.3 is 0 Å². The minimum atomic E-state index is -0.868. The van der Waals surface area contributed by atoms with Crippen molar-refractivity contribution in [2.45, 2.75) is 39.3 Å². The fraction of sp³-hybridized carbons (Fsp3) is 0.615. The molecular formula is C13H22N2O2. The first-order chi connectivity index (χ1) is 7.85. The summed E-state index contributed by atoms with van der Waals surface area (Å²) in [5, 5.41) is 9.71. The Morgan fingerprint density at radius 1 is 1.53 bits per heavy atom. The van der Waals surface area contributed by atoms with Gasteiger partial charge in [0.25, 0.3) is 5.91 Å². The molecule has 17 heavy (non-hydrogen) atoms. The van der Waals surface area contributed by atoms with Gasteiger partial charge in [-0.2, -0.15) is 0 Å². The maximum Gasteiger partial charge on any atom is 0.270 e. The maximum absolute atomic E-state index is 12.2. The van der Waals surface area contributed by atoms with Crippen molar-refractivity contribution in [2.75, 3.05) is 13.6 Å². The Hall–Kier alpha value is -1.29. The van der Waals surface area contributed by atoms with E-state index in [1.165, 1.54) is 0 Å². The standard InChI is InChI=1S/C13H22N2O2/c1-5-8-15-9-6-7-11(15)12(16)14(4)10-13(2,3)17/h6-7,9,17H,5,8,10H2,1-4H3. The molecule has 0 aliphatic heterocycles. The monoisotopic (exact) mass is 238 g/mol. The summed E-state index contributed by atoms with van der Waals surface area (Å²) in [4.78, 5) is 13.7. The second kappa shape index (κ2) is 5.36. The number of amides is 1. The summed E-state index contributed by atoms with van der Waals surface area (Å²) >= 11 is 0. The molecule has 0 atom stereocenters. The number of likely N-dealkylation sites (N-methyl/N-ethyl adjacent to an activating group) is 1. The topological polar surface area (TPSA) is 45.5 Å². The van der Waals surface area contributed by atoms with E-state index in [9.17, 15) is 9.90 Å². The van der Waals surface area contributed by atoms with Crippen LogP contribution in [0.2, 0.25) is 0 Å². The summed E-state index contributed by atoms with van der Waals surface area (Å²) in [6.45, 7) is 6.63. The van der Waals surface area contributed by atoms with Gasteiger partial charge < -0.3 is 14.6 Å².